The van der Waals surface area contributed by atoms with Crippen LogP contribution in [0, 0.1) is 17.3 Å². The molecule has 0 amide bonds. The molecule has 132 valence electrons. The van der Waals surface area contributed by atoms with E-state index < -0.39 is 16.6 Å². The molecule has 4 heteroatoms. The minimum Gasteiger partial charge on any atom is -0.465 e. The van der Waals surface area contributed by atoms with Gasteiger partial charge in [-0.3, -0.25) is 9.59 Å². The van der Waals surface area contributed by atoms with E-state index in [0.717, 1.165) is 38.5 Å². The number of hydrogen-bond acceptors (Lipinski definition) is 3. The van der Waals surface area contributed by atoms with Crippen LogP contribution in [-0.4, -0.2) is 17.8 Å². The van der Waals surface area contributed by atoms with Crippen LogP contribution >= 0.6 is 11.6 Å². The fourth-order valence-corrected chi connectivity index (χ4v) is 2.78. The second kappa shape index (κ2) is 13.4. The second-order valence-corrected chi connectivity index (χ2v) is 6.12. The molecule has 0 aromatic heterocycles. The van der Waals surface area contributed by atoms with Crippen LogP contribution < -0.4 is 0 Å². The Morgan fingerprint density at radius 2 is 1.48 bits per heavy atom. The number of hydrogen-bond donors (Lipinski definition) is 0. The molecule has 0 aromatic carbocycles. The van der Waals surface area contributed by atoms with Crippen LogP contribution in [0.25, 0.3) is 0 Å². The zero-order valence-electron chi connectivity index (χ0n) is 14.9. The van der Waals surface area contributed by atoms with Crippen LogP contribution in [0.5, 0.6) is 0 Å². The van der Waals surface area contributed by atoms with Crippen molar-refractivity contribution in [2.45, 2.75) is 85.0 Å². The predicted octanol–water partition coefficient (Wildman–Crippen LogP) is 5.25. The molecule has 0 bridgehead atoms. The number of unbranched alkanes of at least 4 members (excludes halogenated alkanes) is 6. The predicted molar refractivity (Wildman–Crippen MR) is 95.2 cm³/mol. The molecule has 0 spiro atoms. The van der Waals surface area contributed by atoms with Gasteiger partial charge in [-0.25, -0.2) is 0 Å². The van der Waals surface area contributed by atoms with E-state index in [4.69, 9.17) is 16.3 Å². The first-order valence-corrected chi connectivity index (χ1v) is 9.25. The third-order valence-corrected chi connectivity index (χ3v) is 4.57. The maximum atomic E-state index is 12.1. The lowest BCUT2D eigenvalue weighted by atomic mass is 9.84. The first kappa shape index (κ1) is 22.0. The van der Waals surface area contributed by atoms with Crippen LogP contribution in [0.2, 0.25) is 0 Å². The summed E-state index contributed by atoms with van der Waals surface area (Å²) in [5.74, 6) is 5.75. The van der Waals surface area contributed by atoms with Crippen LogP contribution in [0.15, 0.2) is 0 Å². The van der Waals surface area contributed by atoms with E-state index in [9.17, 15) is 9.59 Å². The van der Waals surface area contributed by atoms with E-state index >= 15 is 0 Å². The zero-order valence-corrected chi connectivity index (χ0v) is 15.6. The van der Waals surface area contributed by atoms with Crippen LogP contribution in [0.3, 0.4) is 0 Å². The zero-order chi connectivity index (χ0) is 17.6. The lowest BCUT2D eigenvalue weighted by molar-refractivity contribution is -0.159. The average Bonchev–Trinajstić information content (AvgIpc) is 2.54. The van der Waals surface area contributed by atoms with Gasteiger partial charge in [0.05, 0.1) is 6.61 Å². The van der Waals surface area contributed by atoms with Crippen molar-refractivity contribution < 1.29 is 14.3 Å². The summed E-state index contributed by atoms with van der Waals surface area (Å²) in [6.07, 6.45) is 9.25. The molecule has 0 unspecified atom stereocenters. The Morgan fingerprint density at radius 3 is 2.00 bits per heavy atom. The Bertz CT molecular complexity index is 403. The Labute approximate surface area is 146 Å². The summed E-state index contributed by atoms with van der Waals surface area (Å²) in [5.41, 5.74) is -1.17. The number of esters is 1. The highest BCUT2D eigenvalue weighted by atomic mass is 35.5. The van der Waals surface area contributed by atoms with Crippen LogP contribution in [0.4, 0.5) is 0 Å². The van der Waals surface area contributed by atoms with Crippen molar-refractivity contribution in [1.82, 2.24) is 0 Å². The number of rotatable bonds is 12. The van der Waals surface area contributed by atoms with Gasteiger partial charge in [-0.1, -0.05) is 46.5 Å². The highest BCUT2D eigenvalue weighted by Gasteiger charge is 2.43. The Morgan fingerprint density at radius 1 is 0.913 bits per heavy atom. The van der Waals surface area contributed by atoms with Crippen molar-refractivity contribution >= 4 is 22.8 Å². The Hall–Kier alpha value is -1.01. The third kappa shape index (κ3) is 8.42. The molecule has 0 saturated heterocycles. The second-order valence-electron chi connectivity index (χ2n) is 5.78. The first-order chi connectivity index (χ1) is 11.0. The van der Waals surface area contributed by atoms with Crippen molar-refractivity contribution in [2.24, 2.45) is 5.41 Å². The van der Waals surface area contributed by atoms with Crippen molar-refractivity contribution in [2.75, 3.05) is 6.61 Å². The minimum absolute atomic E-state index is 0.368. The largest absolute Gasteiger partial charge is 0.465 e. The molecule has 0 aliphatic heterocycles. The van der Waals surface area contributed by atoms with Crippen molar-refractivity contribution in [3.8, 4) is 11.8 Å². The summed E-state index contributed by atoms with van der Waals surface area (Å²) in [4.78, 5) is 23.6. The number of carbonyl (C=O) groups excluding carboxylic acids is 2. The normalized spacial score (nSPS) is 10.8. The Kier molecular flexibility index (Phi) is 12.8. The van der Waals surface area contributed by atoms with Gasteiger partial charge in [0.25, 0.3) is 0 Å². The van der Waals surface area contributed by atoms with Crippen molar-refractivity contribution in [3.63, 3.8) is 0 Å². The molecule has 3 nitrogen and oxygen atoms in total. The topological polar surface area (TPSA) is 43.4 Å². The maximum Gasteiger partial charge on any atom is 0.320 e. The minimum atomic E-state index is -1.17. The monoisotopic (exact) mass is 342 g/mol. The molecular formula is C19H31ClO3. The average molecular weight is 343 g/mol. The number of carbonyl (C=O) groups is 2. The van der Waals surface area contributed by atoms with Gasteiger partial charge in [0, 0.05) is 12.8 Å². The van der Waals surface area contributed by atoms with Crippen LogP contribution in [0.1, 0.15) is 85.0 Å². The lowest BCUT2D eigenvalue weighted by Gasteiger charge is -2.24. The van der Waals surface area contributed by atoms with E-state index in [-0.39, 0.29) is 0 Å². The molecule has 0 fully saturated rings. The quantitative estimate of drug-likeness (QED) is 0.160. The van der Waals surface area contributed by atoms with E-state index in [1.807, 2.05) is 0 Å². The van der Waals surface area contributed by atoms with Gasteiger partial charge >= 0.3 is 5.97 Å². The van der Waals surface area contributed by atoms with E-state index in [0.29, 0.717) is 19.4 Å². The summed E-state index contributed by atoms with van der Waals surface area (Å²) in [5, 5.41) is -0.612. The molecular weight excluding hydrogens is 312 g/mol. The molecule has 0 N–H and O–H groups in total. The van der Waals surface area contributed by atoms with Gasteiger partial charge in [0.1, 0.15) is 5.41 Å². The van der Waals surface area contributed by atoms with Crippen molar-refractivity contribution in [3.05, 3.63) is 0 Å². The van der Waals surface area contributed by atoms with Crippen LogP contribution in [-0.2, 0) is 14.3 Å². The lowest BCUT2D eigenvalue weighted by Crippen LogP contribution is -2.37. The summed E-state index contributed by atoms with van der Waals surface area (Å²) in [6.45, 7) is 6.01. The van der Waals surface area contributed by atoms with Gasteiger partial charge in [0.2, 0.25) is 5.24 Å². The molecule has 0 aliphatic rings. The summed E-state index contributed by atoms with van der Waals surface area (Å²) in [6, 6.07) is 0. The van der Waals surface area contributed by atoms with E-state index in [2.05, 4.69) is 18.8 Å². The first-order valence-electron chi connectivity index (χ1n) is 8.88. The van der Waals surface area contributed by atoms with Crippen molar-refractivity contribution in [1.29, 1.82) is 0 Å². The van der Waals surface area contributed by atoms with E-state index in [1.165, 1.54) is 12.8 Å². The molecule has 0 radical (unpaired) electrons. The third-order valence-electron chi connectivity index (χ3n) is 4.21. The van der Waals surface area contributed by atoms with Gasteiger partial charge in [-0.15, -0.1) is 11.8 Å². The highest BCUT2D eigenvalue weighted by molar-refractivity contribution is 6.66. The summed E-state index contributed by atoms with van der Waals surface area (Å²) >= 11 is 5.59. The molecule has 0 rings (SSSR count). The fourth-order valence-electron chi connectivity index (χ4n) is 2.44. The Balaban J connectivity index is 3.75. The van der Waals surface area contributed by atoms with Gasteiger partial charge in [-0.2, -0.15) is 0 Å². The smallest absolute Gasteiger partial charge is 0.320 e. The van der Waals surface area contributed by atoms with E-state index in [1.54, 1.807) is 13.8 Å². The van der Waals surface area contributed by atoms with Gasteiger partial charge in [0.15, 0.2) is 0 Å². The summed E-state index contributed by atoms with van der Waals surface area (Å²) in [7, 11) is 0. The fraction of sp³-hybridized carbons (Fsp3) is 0.789. The van der Waals surface area contributed by atoms with Gasteiger partial charge < -0.3 is 4.74 Å². The molecule has 0 atom stereocenters. The SMILES string of the molecule is CCC#CCCCCCCCCOC(=O)C(CC)(CC)C(=O)Cl. The molecule has 0 aliphatic carbocycles. The molecule has 0 heterocycles. The molecule has 0 aromatic rings. The maximum absolute atomic E-state index is 12.1. The molecule has 23 heavy (non-hydrogen) atoms. The van der Waals surface area contributed by atoms with Gasteiger partial charge in [-0.05, 0) is 37.3 Å². The molecule has 0 saturated carbocycles. The number of halogens is 1. The summed E-state index contributed by atoms with van der Waals surface area (Å²) < 4.78 is 5.26. The number of ether oxygens (including phenoxy) is 1. The standard InChI is InChI=1S/C19H31ClO3/c1-4-7-8-9-10-11-12-13-14-15-16-23-18(22)19(5-2,6-3)17(20)21/h4-6,9-16H2,1-3H3. The highest BCUT2D eigenvalue weighted by Crippen LogP contribution is 2.31.